The lowest BCUT2D eigenvalue weighted by Crippen LogP contribution is -2.48. The monoisotopic (exact) mass is 295 g/mol. The summed E-state index contributed by atoms with van der Waals surface area (Å²) in [6.07, 6.45) is 6.25. The van der Waals surface area contributed by atoms with E-state index >= 15 is 0 Å². The first-order valence-electron chi connectivity index (χ1n) is 6.78. The van der Waals surface area contributed by atoms with Gasteiger partial charge in [-0.1, -0.05) is 36.4 Å². The number of benzene rings is 1. The second-order valence-electron chi connectivity index (χ2n) is 4.69. The zero-order valence-electron chi connectivity index (χ0n) is 11.8. The van der Waals surface area contributed by atoms with Crippen molar-refractivity contribution in [1.82, 2.24) is 10.3 Å². The Morgan fingerprint density at radius 2 is 1.95 bits per heavy atom. The topological polar surface area (TPSA) is 82.1 Å². The van der Waals surface area contributed by atoms with Crippen molar-refractivity contribution in [3.63, 3.8) is 0 Å². The Hall–Kier alpha value is -2.95. The second-order valence-corrected chi connectivity index (χ2v) is 4.69. The molecule has 0 unspecified atom stereocenters. The minimum Gasteiger partial charge on any atom is -0.548 e. The van der Waals surface area contributed by atoms with E-state index in [4.69, 9.17) is 0 Å². The van der Waals surface area contributed by atoms with Crippen LogP contribution in [0.4, 0.5) is 0 Å². The number of nitrogens with zero attached hydrogens (tertiary/aromatic N) is 1. The van der Waals surface area contributed by atoms with E-state index in [-0.39, 0.29) is 6.42 Å². The van der Waals surface area contributed by atoms with Crippen molar-refractivity contribution >= 4 is 18.0 Å². The fourth-order valence-corrected chi connectivity index (χ4v) is 1.91. The fraction of sp³-hybridized carbons (Fsp3) is 0.118. The Morgan fingerprint density at radius 3 is 2.59 bits per heavy atom. The lowest BCUT2D eigenvalue weighted by molar-refractivity contribution is -0.308. The number of carbonyl (C=O) groups excluding carboxylic acids is 2. The molecule has 0 aliphatic heterocycles. The van der Waals surface area contributed by atoms with Gasteiger partial charge in [0, 0.05) is 18.5 Å². The molecule has 1 aromatic heterocycles. The van der Waals surface area contributed by atoms with Gasteiger partial charge in [-0.3, -0.25) is 9.78 Å². The highest BCUT2D eigenvalue weighted by molar-refractivity contribution is 5.94. The first-order valence-corrected chi connectivity index (χ1v) is 6.78. The van der Waals surface area contributed by atoms with Crippen LogP contribution in [0.5, 0.6) is 0 Å². The third kappa shape index (κ3) is 4.86. The summed E-state index contributed by atoms with van der Waals surface area (Å²) in [7, 11) is 0. The number of hydrogen-bond acceptors (Lipinski definition) is 4. The Balaban J connectivity index is 1.97. The Kier molecular flexibility index (Phi) is 5.43. The molecule has 0 aliphatic carbocycles. The van der Waals surface area contributed by atoms with Crippen molar-refractivity contribution in [2.24, 2.45) is 0 Å². The van der Waals surface area contributed by atoms with Crippen molar-refractivity contribution in [3.8, 4) is 0 Å². The first-order chi connectivity index (χ1) is 10.6. The van der Waals surface area contributed by atoms with Crippen LogP contribution >= 0.6 is 0 Å². The molecule has 2 aromatic rings. The minimum absolute atomic E-state index is 0.176. The molecular weight excluding hydrogens is 280 g/mol. The molecule has 5 heteroatoms. The standard InChI is InChI=1S/C17H16N2O3/c20-16(9-8-14-7-4-10-18-12-14)19-15(17(21)22)11-13-5-2-1-3-6-13/h1-10,12,15H,11H2,(H,19,20)(H,21,22)/p-1/b9-8+/t15-/m1/s1. The number of aliphatic carboxylic acids is 1. The molecule has 0 fully saturated rings. The number of carboxylic acid groups (broad SMARTS) is 1. The van der Waals surface area contributed by atoms with Crippen LogP contribution in [0.15, 0.2) is 60.9 Å². The largest absolute Gasteiger partial charge is 0.548 e. The van der Waals surface area contributed by atoms with Crippen LogP contribution in [0.3, 0.4) is 0 Å². The van der Waals surface area contributed by atoms with E-state index in [9.17, 15) is 14.7 Å². The highest BCUT2D eigenvalue weighted by atomic mass is 16.4. The van der Waals surface area contributed by atoms with Crippen LogP contribution in [-0.2, 0) is 16.0 Å². The smallest absolute Gasteiger partial charge is 0.244 e. The summed E-state index contributed by atoms with van der Waals surface area (Å²) in [5, 5.41) is 13.6. The molecule has 1 amide bonds. The number of carboxylic acids is 1. The van der Waals surface area contributed by atoms with Gasteiger partial charge in [-0.2, -0.15) is 0 Å². The van der Waals surface area contributed by atoms with Crippen LogP contribution in [-0.4, -0.2) is 22.9 Å². The quantitative estimate of drug-likeness (QED) is 0.790. The van der Waals surface area contributed by atoms with E-state index in [1.54, 1.807) is 42.7 Å². The summed E-state index contributed by atoms with van der Waals surface area (Å²) >= 11 is 0. The zero-order chi connectivity index (χ0) is 15.8. The number of aromatic nitrogens is 1. The van der Waals surface area contributed by atoms with E-state index in [0.29, 0.717) is 0 Å². The molecule has 0 spiro atoms. The molecule has 5 nitrogen and oxygen atoms in total. The average Bonchev–Trinajstić information content (AvgIpc) is 2.54. The van der Waals surface area contributed by atoms with Crippen molar-refractivity contribution in [3.05, 3.63) is 72.1 Å². The summed E-state index contributed by atoms with van der Waals surface area (Å²) in [5.41, 5.74) is 1.57. The fourth-order valence-electron chi connectivity index (χ4n) is 1.91. The third-order valence-electron chi connectivity index (χ3n) is 3.00. The predicted octanol–water partition coefficient (Wildman–Crippen LogP) is 0.572. The number of pyridine rings is 1. The maximum absolute atomic E-state index is 11.8. The van der Waals surface area contributed by atoms with Gasteiger partial charge in [0.15, 0.2) is 0 Å². The van der Waals surface area contributed by atoms with Crippen LogP contribution in [0.1, 0.15) is 11.1 Å². The van der Waals surface area contributed by atoms with Crippen LogP contribution in [0, 0.1) is 0 Å². The van der Waals surface area contributed by atoms with Gasteiger partial charge in [0.05, 0.1) is 12.0 Å². The van der Waals surface area contributed by atoms with Crippen molar-refractivity contribution in [1.29, 1.82) is 0 Å². The SMILES string of the molecule is O=C(/C=C/c1cccnc1)N[C@H](Cc1ccccc1)C(=O)[O-]. The van der Waals surface area contributed by atoms with E-state index in [1.165, 1.54) is 6.08 Å². The molecule has 2 rings (SSSR count). The lowest BCUT2D eigenvalue weighted by Gasteiger charge is -2.18. The summed E-state index contributed by atoms with van der Waals surface area (Å²) in [6, 6.07) is 11.5. The van der Waals surface area contributed by atoms with Gasteiger partial charge in [0.1, 0.15) is 0 Å². The number of hydrogen-bond donors (Lipinski definition) is 1. The van der Waals surface area contributed by atoms with Crippen LogP contribution in [0.25, 0.3) is 6.08 Å². The highest BCUT2D eigenvalue weighted by Crippen LogP contribution is 2.03. The molecule has 0 bridgehead atoms. The summed E-state index contributed by atoms with van der Waals surface area (Å²) < 4.78 is 0. The predicted molar refractivity (Wildman–Crippen MR) is 80.4 cm³/mol. The first kappa shape index (κ1) is 15.4. The molecule has 22 heavy (non-hydrogen) atoms. The van der Waals surface area contributed by atoms with Gasteiger partial charge in [0.25, 0.3) is 0 Å². The van der Waals surface area contributed by atoms with Crippen molar-refractivity contribution < 1.29 is 14.7 Å². The van der Waals surface area contributed by atoms with Gasteiger partial charge in [0.2, 0.25) is 5.91 Å². The number of rotatable bonds is 6. The second kappa shape index (κ2) is 7.73. The zero-order valence-corrected chi connectivity index (χ0v) is 11.8. The molecule has 0 saturated carbocycles. The number of amides is 1. The van der Waals surface area contributed by atoms with E-state index in [2.05, 4.69) is 10.3 Å². The Labute approximate surface area is 128 Å². The number of nitrogens with one attached hydrogen (secondary N) is 1. The normalized spacial score (nSPS) is 12.0. The summed E-state index contributed by atoms with van der Waals surface area (Å²) in [6.45, 7) is 0. The third-order valence-corrected chi connectivity index (χ3v) is 3.00. The number of carbonyl (C=O) groups is 2. The highest BCUT2D eigenvalue weighted by Gasteiger charge is 2.12. The van der Waals surface area contributed by atoms with Crippen LogP contribution < -0.4 is 10.4 Å². The van der Waals surface area contributed by atoms with Gasteiger partial charge < -0.3 is 15.2 Å². The Bertz CT molecular complexity index is 654. The lowest BCUT2D eigenvalue weighted by atomic mass is 10.1. The van der Waals surface area contributed by atoms with E-state index in [0.717, 1.165) is 11.1 Å². The Morgan fingerprint density at radius 1 is 1.18 bits per heavy atom. The molecule has 112 valence electrons. The maximum Gasteiger partial charge on any atom is 0.244 e. The summed E-state index contributed by atoms with van der Waals surface area (Å²) in [4.78, 5) is 26.9. The molecule has 0 aliphatic rings. The van der Waals surface area contributed by atoms with Gasteiger partial charge >= 0.3 is 0 Å². The van der Waals surface area contributed by atoms with E-state index in [1.807, 2.05) is 18.2 Å². The molecule has 0 radical (unpaired) electrons. The van der Waals surface area contributed by atoms with Gasteiger partial charge in [-0.25, -0.2) is 0 Å². The molecule has 0 saturated heterocycles. The van der Waals surface area contributed by atoms with Gasteiger partial charge in [-0.05, 0) is 29.7 Å². The van der Waals surface area contributed by atoms with Gasteiger partial charge in [-0.15, -0.1) is 0 Å². The molecule has 1 atom stereocenters. The summed E-state index contributed by atoms with van der Waals surface area (Å²) in [5.74, 6) is -1.80. The van der Waals surface area contributed by atoms with Crippen molar-refractivity contribution in [2.75, 3.05) is 0 Å². The molecule has 1 N–H and O–H groups in total. The minimum atomic E-state index is -1.31. The maximum atomic E-state index is 11.8. The molecular formula is C17H15N2O3-. The molecule has 1 aromatic carbocycles. The molecule has 1 heterocycles. The average molecular weight is 295 g/mol. The van der Waals surface area contributed by atoms with E-state index < -0.39 is 17.9 Å². The van der Waals surface area contributed by atoms with Crippen LogP contribution in [0.2, 0.25) is 0 Å². The van der Waals surface area contributed by atoms with Crippen molar-refractivity contribution in [2.45, 2.75) is 12.5 Å².